The lowest BCUT2D eigenvalue weighted by Crippen LogP contribution is -2.02. The second-order valence-electron chi connectivity index (χ2n) is 5.88. The maximum absolute atomic E-state index is 11.8. The molecule has 2 aromatic carbocycles. The second-order valence-corrected chi connectivity index (χ2v) is 5.88. The summed E-state index contributed by atoms with van der Waals surface area (Å²) in [5.74, 6) is -0.899. The molecule has 23 heavy (non-hydrogen) atoms. The molecule has 0 atom stereocenters. The SMILES string of the molecule is Cc1ccc(-c2cn(-c3ccc(C)cc3)c(C)c2C(=O)O)cc1. The van der Waals surface area contributed by atoms with Crippen LogP contribution >= 0.6 is 0 Å². The Morgan fingerprint density at radius 1 is 0.870 bits per heavy atom. The van der Waals surface area contributed by atoms with Gasteiger partial charge in [0.2, 0.25) is 0 Å². The Labute approximate surface area is 135 Å². The lowest BCUT2D eigenvalue weighted by Gasteiger charge is -2.06. The molecular formula is C20H19NO2. The van der Waals surface area contributed by atoms with Gasteiger partial charge in [-0.05, 0) is 38.5 Å². The van der Waals surface area contributed by atoms with Gasteiger partial charge in [-0.3, -0.25) is 0 Å². The first-order valence-corrected chi connectivity index (χ1v) is 7.56. The van der Waals surface area contributed by atoms with Crippen LogP contribution in [-0.2, 0) is 0 Å². The van der Waals surface area contributed by atoms with E-state index >= 15 is 0 Å². The van der Waals surface area contributed by atoms with E-state index in [1.54, 1.807) is 0 Å². The van der Waals surface area contributed by atoms with Gasteiger partial charge < -0.3 is 9.67 Å². The van der Waals surface area contributed by atoms with Crippen LogP contribution in [0.15, 0.2) is 54.7 Å². The molecule has 3 aromatic rings. The summed E-state index contributed by atoms with van der Waals surface area (Å²) >= 11 is 0. The highest BCUT2D eigenvalue weighted by molar-refractivity contribution is 5.97. The molecule has 116 valence electrons. The number of benzene rings is 2. The number of aromatic carboxylic acids is 1. The maximum atomic E-state index is 11.8. The van der Waals surface area contributed by atoms with Gasteiger partial charge in [0.05, 0.1) is 5.56 Å². The second kappa shape index (κ2) is 5.76. The van der Waals surface area contributed by atoms with Gasteiger partial charge in [-0.25, -0.2) is 4.79 Å². The summed E-state index contributed by atoms with van der Waals surface area (Å²) in [6.07, 6.45) is 1.91. The highest BCUT2D eigenvalue weighted by Crippen LogP contribution is 2.30. The molecule has 0 saturated carbocycles. The summed E-state index contributed by atoms with van der Waals surface area (Å²) in [6.45, 7) is 5.90. The van der Waals surface area contributed by atoms with E-state index in [4.69, 9.17) is 0 Å². The van der Waals surface area contributed by atoms with Crippen molar-refractivity contribution in [3.8, 4) is 16.8 Å². The molecule has 0 amide bonds. The van der Waals surface area contributed by atoms with E-state index in [1.165, 1.54) is 5.56 Å². The van der Waals surface area contributed by atoms with Gasteiger partial charge in [-0.2, -0.15) is 0 Å². The van der Waals surface area contributed by atoms with Crippen molar-refractivity contribution < 1.29 is 9.90 Å². The van der Waals surface area contributed by atoms with Gasteiger partial charge in [0, 0.05) is 23.1 Å². The first kappa shape index (κ1) is 15.1. The van der Waals surface area contributed by atoms with Crippen LogP contribution in [0.2, 0.25) is 0 Å². The van der Waals surface area contributed by atoms with Crippen molar-refractivity contribution in [2.45, 2.75) is 20.8 Å². The average Bonchev–Trinajstić information content (AvgIpc) is 2.86. The molecule has 0 aliphatic carbocycles. The van der Waals surface area contributed by atoms with E-state index in [9.17, 15) is 9.90 Å². The Bertz CT molecular complexity index is 856. The summed E-state index contributed by atoms with van der Waals surface area (Å²) in [4.78, 5) is 11.8. The van der Waals surface area contributed by atoms with Crippen LogP contribution < -0.4 is 0 Å². The molecule has 0 fully saturated rings. The summed E-state index contributed by atoms with van der Waals surface area (Å²) in [6, 6.07) is 16.0. The van der Waals surface area contributed by atoms with Crippen LogP contribution in [0.4, 0.5) is 0 Å². The minimum Gasteiger partial charge on any atom is -0.478 e. The minimum atomic E-state index is -0.899. The zero-order valence-electron chi connectivity index (χ0n) is 13.5. The molecule has 0 aliphatic heterocycles. The fraction of sp³-hybridized carbons (Fsp3) is 0.150. The van der Waals surface area contributed by atoms with Crippen LogP contribution in [0.3, 0.4) is 0 Å². The highest BCUT2D eigenvalue weighted by Gasteiger charge is 2.20. The van der Waals surface area contributed by atoms with Crippen LogP contribution in [0.5, 0.6) is 0 Å². The Morgan fingerprint density at radius 3 is 1.91 bits per heavy atom. The summed E-state index contributed by atoms with van der Waals surface area (Å²) in [5.41, 5.74) is 6.05. The zero-order valence-corrected chi connectivity index (χ0v) is 13.5. The number of aryl methyl sites for hydroxylation is 2. The number of carbonyl (C=O) groups is 1. The number of hydrogen-bond donors (Lipinski definition) is 1. The summed E-state index contributed by atoms with van der Waals surface area (Å²) in [5, 5.41) is 9.65. The highest BCUT2D eigenvalue weighted by atomic mass is 16.4. The maximum Gasteiger partial charge on any atom is 0.338 e. The normalized spacial score (nSPS) is 10.7. The van der Waals surface area contributed by atoms with Crippen LogP contribution in [0, 0.1) is 20.8 Å². The largest absolute Gasteiger partial charge is 0.478 e. The van der Waals surface area contributed by atoms with E-state index in [2.05, 4.69) is 0 Å². The monoisotopic (exact) mass is 305 g/mol. The molecule has 0 saturated heterocycles. The molecule has 0 aliphatic rings. The minimum absolute atomic E-state index is 0.356. The van der Waals surface area contributed by atoms with Gasteiger partial charge in [-0.1, -0.05) is 47.5 Å². The number of rotatable bonds is 3. The molecule has 1 aromatic heterocycles. The van der Waals surface area contributed by atoms with Crippen molar-refractivity contribution in [1.82, 2.24) is 4.57 Å². The number of nitrogens with zero attached hydrogens (tertiary/aromatic N) is 1. The van der Waals surface area contributed by atoms with E-state index in [1.807, 2.05) is 80.1 Å². The van der Waals surface area contributed by atoms with E-state index < -0.39 is 5.97 Å². The average molecular weight is 305 g/mol. The van der Waals surface area contributed by atoms with Gasteiger partial charge in [-0.15, -0.1) is 0 Å². The van der Waals surface area contributed by atoms with Gasteiger partial charge in [0.15, 0.2) is 0 Å². The van der Waals surface area contributed by atoms with Crippen molar-refractivity contribution in [2.24, 2.45) is 0 Å². The van der Waals surface area contributed by atoms with E-state index in [0.717, 1.165) is 28.1 Å². The first-order valence-electron chi connectivity index (χ1n) is 7.56. The number of aromatic nitrogens is 1. The van der Waals surface area contributed by atoms with E-state index in [-0.39, 0.29) is 0 Å². The molecule has 3 heteroatoms. The predicted octanol–water partition coefficient (Wildman–Crippen LogP) is 4.77. The van der Waals surface area contributed by atoms with Crippen LogP contribution in [-0.4, -0.2) is 15.6 Å². The van der Waals surface area contributed by atoms with Crippen molar-refractivity contribution in [3.63, 3.8) is 0 Å². The van der Waals surface area contributed by atoms with Crippen molar-refractivity contribution in [3.05, 3.63) is 77.1 Å². The lowest BCUT2D eigenvalue weighted by atomic mass is 10.0. The molecule has 1 heterocycles. The molecule has 0 spiro atoms. The fourth-order valence-electron chi connectivity index (χ4n) is 2.80. The van der Waals surface area contributed by atoms with Gasteiger partial charge >= 0.3 is 5.97 Å². The Morgan fingerprint density at radius 2 is 1.39 bits per heavy atom. The quantitative estimate of drug-likeness (QED) is 0.757. The smallest absolute Gasteiger partial charge is 0.338 e. The summed E-state index contributed by atoms with van der Waals surface area (Å²) in [7, 11) is 0. The number of hydrogen-bond acceptors (Lipinski definition) is 1. The van der Waals surface area contributed by atoms with Crippen LogP contribution in [0.1, 0.15) is 27.2 Å². The third-order valence-electron chi connectivity index (χ3n) is 4.14. The topological polar surface area (TPSA) is 42.2 Å². The molecular weight excluding hydrogens is 286 g/mol. The molecule has 0 bridgehead atoms. The van der Waals surface area contributed by atoms with Crippen molar-refractivity contribution >= 4 is 5.97 Å². The molecule has 0 unspecified atom stereocenters. The molecule has 3 nitrogen and oxygen atoms in total. The van der Waals surface area contributed by atoms with E-state index in [0.29, 0.717) is 5.56 Å². The fourth-order valence-corrected chi connectivity index (χ4v) is 2.80. The molecule has 1 N–H and O–H groups in total. The Kier molecular flexibility index (Phi) is 3.78. The summed E-state index contributed by atoms with van der Waals surface area (Å²) < 4.78 is 1.94. The molecule has 0 radical (unpaired) electrons. The third kappa shape index (κ3) is 2.78. The van der Waals surface area contributed by atoms with Gasteiger partial charge in [0.1, 0.15) is 0 Å². The predicted molar refractivity (Wildman–Crippen MR) is 92.4 cm³/mol. The van der Waals surface area contributed by atoms with Crippen LogP contribution in [0.25, 0.3) is 16.8 Å². The number of carboxylic acids is 1. The Hall–Kier alpha value is -2.81. The first-order chi connectivity index (χ1) is 11.0. The number of carboxylic acid groups (broad SMARTS) is 1. The van der Waals surface area contributed by atoms with Gasteiger partial charge in [0.25, 0.3) is 0 Å². The zero-order chi connectivity index (χ0) is 16.6. The standard InChI is InChI=1S/C20H19NO2/c1-13-4-8-16(9-5-13)18-12-21(15(3)19(18)20(22)23)17-10-6-14(2)7-11-17/h4-12H,1-3H3,(H,22,23). The Balaban J connectivity index is 2.20. The van der Waals surface area contributed by atoms with Crippen molar-refractivity contribution in [2.75, 3.05) is 0 Å². The lowest BCUT2D eigenvalue weighted by molar-refractivity contribution is 0.0697. The third-order valence-corrected chi connectivity index (χ3v) is 4.14. The molecule has 3 rings (SSSR count). The van der Waals surface area contributed by atoms with Crippen molar-refractivity contribution in [1.29, 1.82) is 0 Å².